The van der Waals surface area contributed by atoms with Crippen LogP contribution in [0.25, 0.3) is 0 Å². The van der Waals surface area contributed by atoms with Gasteiger partial charge in [0.1, 0.15) is 5.75 Å². The predicted molar refractivity (Wildman–Crippen MR) is 60.1 cm³/mol. The van der Waals surface area contributed by atoms with Crippen molar-refractivity contribution in [3.63, 3.8) is 0 Å². The van der Waals surface area contributed by atoms with Gasteiger partial charge in [-0.2, -0.15) is 22.0 Å². The fourth-order valence-corrected chi connectivity index (χ4v) is 1.43. The summed E-state index contributed by atoms with van der Waals surface area (Å²) in [6, 6.07) is 3.15. The van der Waals surface area contributed by atoms with Crippen molar-refractivity contribution in [3.8, 4) is 5.75 Å². The third kappa shape index (κ3) is 5.02. The molecule has 7 heteroatoms. The summed E-state index contributed by atoms with van der Waals surface area (Å²) in [7, 11) is 0. The summed E-state index contributed by atoms with van der Waals surface area (Å²) in [6.07, 6.45) is -4.74. The first-order valence-electron chi connectivity index (χ1n) is 5.58. The maximum Gasteiger partial charge on any atom is 0.419 e. The largest absolute Gasteiger partial charge is 0.434 e. The van der Waals surface area contributed by atoms with Gasteiger partial charge in [-0.1, -0.05) is 19.9 Å². The summed E-state index contributed by atoms with van der Waals surface area (Å²) >= 11 is 0. The Morgan fingerprint density at radius 2 is 1.84 bits per heavy atom. The van der Waals surface area contributed by atoms with E-state index in [9.17, 15) is 22.0 Å². The first kappa shape index (κ1) is 15.7. The molecule has 0 bridgehead atoms. The molecule has 0 aromatic heterocycles. The summed E-state index contributed by atoms with van der Waals surface area (Å²) in [5.41, 5.74) is -0.849. The molecule has 19 heavy (non-hydrogen) atoms. The van der Waals surface area contributed by atoms with Crippen LogP contribution in [0.5, 0.6) is 5.75 Å². The first-order valence-corrected chi connectivity index (χ1v) is 5.58. The number of halogens is 5. The molecule has 0 amide bonds. The minimum absolute atomic E-state index is 0.103. The van der Waals surface area contributed by atoms with Gasteiger partial charge in [0, 0.05) is 12.6 Å². The van der Waals surface area contributed by atoms with Crippen LogP contribution in [0.4, 0.5) is 22.0 Å². The lowest BCUT2D eigenvalue weighted by Gasteiger charge is -2.15. The Bertz CT molecular complexity index is 417. The summed E-state index contributed by atoms with van der Waals surface area (Å²) in [6.45, 7) is 0.619. The highest BCUT2D eigenvalue weighted by Crippen LogP contribution is 2.37. The van der Waals surface area contributed by atoms with Gasteiger partial charge in [-0.3, -0.25) is 0 Å². The molecule has 108 valence electrons. The standard InChI is InChI=1S/C12H14F5NO/c1-7(2)18-6-8-3-4-10(19-11(13)14)9(5-8)12(15,16)17/h3-5,7,11,18H,6H2,1-2H3. The second-order valence-corrected chi connectivity index (χ2v) is 4.24. The topological polar surface area (TPSA) is 21.3 Å². The molecular weight excluding hydrogens is 269 g/mol. The van der Waals surface area contributed by atoms with Crippen LogP contribution in [-0.4, -0.2) is 12.7 Å². The molecule has 1 rings (SSSR count). The maximum absolute atomic E-state index is 12.7. The molecule has 0 fully saturated rings. The molecule has 0 aliphatic heterocycles. The van der Waals surface area contributed by atoms with Crippen molar-refractivity contribution in [2.24, 2.45) is 0 Å². The van der Waals surface area contributed by atoms with Crippen LogP contribution in [0.15, 0.2) is 18.2 Å². The molecule has 0 heterocycles. The Morgan fingerprint density at radius 1 is 1.21 bits per heavy atom. The monoisotopic (exact) mass is 283 g/mol. The fourth-order valence-electron chi connectivity index (χ4n) is 1.43. The van der Waals surface area contributed by atoms with E-state index in [1.54, 1.807) is 0 Å². The number of ether oxygens (including phenoxy) is 1. The van der Waals surface area contributed by atoms with Crippen molar-refractivity contribution in [3.05, 3.63) is 29.3 Å². The molecule has 1 aromatic carbocycles. The minimum Gasteiger partial charge on any atom is -0.434 e. The molecule has 2 nitrogen and oxygen atoms in total. The van der Waals surface area contributed by atoms with E-state index in [1.807, 2.05) is 13.8 Å². The van der Waals surface area contributed by atoms with Gasteiger partial charge in [-0.05, 0) is 17.7 Å². The van der Waals surface area contributed by atoms with Gasteiger partial charge < -0.3 is 10.1 Å². The van der Waals surface area contributed by atoms with Crippen molar-refractivity contribution in [1.29, 1.82) is 0 Å². The Morgan fingerprint density at radius 3 is 2.32 bits per heavy atom. The van der Waals surface area contributed by atoms with Gasteiger partial charge in [0.2, 0.25) is 0 Å². The molecule has 1 aromatic rings. The summed E-state index contributed by atoms with van der Waals surface area (Å²) in [5.74, 6) is -0.865. The van der Waals surface area contributed by atoms with E-state index in [-0.39, 0.29) is 12.6 Å². The molecule has 0 saturated heterocycles. The van der Waals surface area contributed by atoms with Gasteiger partial charge in [0.15, 0.2) is 0 Å². The second kappa shape index (κ2) is 6.18. The van der Waals surface area contributed by atoms with Crippen LogP contribution in [0.2, 0.25) is 0 Å². The number of rotatable bonds is 5. The van der Waals surface area contributed by atoms with Crippen LogP contribution in [-0.2, 0) is 12.7 Å². The lowest BCUT2D eigenvalue weighted by atomic mass is 10.1. The molecule has 1 N–H and O–H groups in total. The van der Waals surface area contributed by atoms with Crippen molar-refractivity contribution in [2.45, 2.75) is 39.2 Å². The van der Waals surface area contributed by atoms with Crippen molar-refractivity contribution in [2.75, 3.05) is 0 Å². The van der Waals surface area contributed by atoms with Gasteiger partial charge in [0.25, 0.3) is 0 Å². The van der Waals surface area contributed by atoms with Crippen LogP contribution >= 0.6 is 0 Å². The Labute approximate surface area is 107 Å². The molecule has 0 spiro atoms. The number of alkyl halides is 5. The highest BCUT2D eigenvalue weighted by Gasteiger charge is 2.35. The van der Waals surface area contributed by atoms with Crippen LogP contribution in [0, 0.1) is 0 Å². The highest BCUT2D eigenvalue weighted by molar-refractivity contribution is 5.39. The van der Waals surface area contributed by atoms with Gasteiger partial charge >= 0.3 is 12.8 Å². The second-order valence-electron chi connectivity index (χ2n) is 4.24. The molecule has 0 radical (unpaired) electrons. The zero-order chi connectivity index (χ0) is 14.6. The number of hydrogen-bond acceptors (Lipinski definition) is 2. The van der Waals surface area contributed by atoms with Crippen LogP contribution < -0.4 is 10.1 Å². The Kier molecular flexibility index (Phi) is 5.11. The van der Waals surface area contributed by atoms with Crippen molar-refractivity contribution in [1.82, 2.24) is 5.32 Å². The molecule has 0 unspecified atom stereocenters. The number of nitrogens with one attached hydrogen (secondary N) is 1. The van der Waals surface area contributed by atoms with E-state index in [1.165, 1.54) is 6.07 Å². The normalized spacial score (nSPS) is 12.3. The van der Waals surface area contributed by atoms with Gasteiger partial charge in [0.05, 0.1) is 5.56 Å². The van der Waals surface area contributed by atoms with E-state index < -0.39 is 24.1 Å². The average molecular weight is 283 g/mol. The van der Waals surface area contributed by atoms with E-state index >= 15 is 0 Å². The average Bonchev–Trinajstić information content (AvgIpc) is 2.25. The quantitative estimate of drug-likeness (QED) is 0.830. The maximum atomic E-state index is 12.7. The molecule has 0 aliphatic carbocycles. The van der Waals surface area contributed by atoms with Crippen LogP contribution in [0.3, 0.4) is 0 Å². The van der Waals surface area contributed by atoms with Crippen LogP contribution in [0.1, 0.15) is 25.0 Å². The highest BCUT2D eigenvalue weighted by atomic mass is 19.4. The summed E-state index contributed by atoms with van der Waals surface area (Å²) in [4.78, 5) is 0. The lowest BCUT2D eigenvalue weighted by molar-refractivity contribution is -0.141. The van der Waals surface area contributed by atoms with E-state index in [4.69, 9.17) is 0 Å². The molecule has 0 atom stereocenters. The first-order chi connectivity index (χ1) is 8.70. The third-order valence-electron chi connectivity index (χ3n) is 2.28. The SMILES string of the molecule is CC(C)NCc1ccc(OC(F)F)c(C(F)(F)F)c1. The third-order valence-corrected chi connectivity index (χ3v) is 2.28. The lowest BCUT2D eigenvalue weighted by Crippen LogP contribution is -2.22. The summed E-state index contributed by atoms with van der Waals surface area (Å²) in [5, 5.41) is 2.94. The van der Waals surface area contributed by atoms with Crippen molar-refractivity contribution >= 4 is 0 Å². The molecular formula is C12H14F5NO. The number of benzene rings is 1. The van der Waals surface area contributed by atoms with E-state index in [0.717, 1.165) is 12.1 Å². The minimum atomic E-state index is -4.74. The van der Waals surface area contributed by atoms with Gasteiger partial charge in [-0.25, -0.2) is 0 Å². The van der Waals surface area contributed by atoms with E-state index in [2.05, 4.69) is 10.1 Å². The molecule has 0 aliphatic rings. The molecule has 0 saturated carbocycles. The fraction of sp³-hybridized carbons (Fsp3) is 0.500. The predicted octanol–water partition coefficient (Wildman–Crippen LogP) is 3.80. The Balaban J connectivity index is 3.02. The van der Waals surface area contributed by atoms with Crippen molar-refractivity contribution < 1.29 is 26.7 Å². The zero-order valence-corrected chi connectivity index (χ0v) is 10.4. The number of hydrogen-bond donors (Lipinski definition) is 1. The summed E-state index contributed by atoms with van der Waals surface area (Å²) < 4.78 is 66.2. The van der Waals surface area contributed by atoms with E-state index in [0.29, 0.717) is 5.56 Å². The van der Waals surface area contributed by atoms with Gasteiger partial charge in [-0.15, -0.1) is 0 Å². The zero-order valence-electron chi connectivity index (χ0n) is 10.4. The Hall–Kier alpha value is -1.37. The smallest absolute Gasteiger partial charge is 0.419 e.